The highest BCUT2D eigenvalue weighted by Gasteiger charge is 2.23. The van der Waals surface area contributed by atoms with Crippen LogP contribution in [0, 0.1) is 0 Å². The third-order valence-corrected chi connectivity index (χ3v) is 3.85. The van der Waals surface area contributed by atoms with Crippen LogP contribution in [0.25, 0.3) is 6.08 Å². The van der Waals surface area contributed by atoms with Crippen molar-refractivity contribution in [1.82, 2.24) is 5.32 Å². The van der Waals surface area contributed by atoms with Crippen LogP contribution in [-0.4, -0.2) is 44.4 Å². The number of carbonyl (C=O) groups is 2. The van der Waals surface area contributed by atoms with Gasteiger partial charge >= 0.3 is 5.97 Å². The fraction of sp³-hybridized carbons (Fsp3) is 0.238. The van der Waals surface area contributed by atoms with Crippen molar-refractivity contribution in [2.24, 2.45) is 0 Å². The van der Waals surface area contributed by atoms with Crippen molar-refractivity contribution in [2.75, 3.05) is 0 Å². The Hall–Kier alpha value is -3.68. The van der Waals surface area contributed by atoms with E-state index in [1.54, 1.807) is 13.8 Å². The minimum Gasteiger partial charge on any atom is -0.504 e. The van der Waals surface area contributed by atoms with Crippen molar-refractivity contribution < 1.29 is 34.8 Å². The zero-order valence-corrected chi connectivity index (χ0v) is 16.0. The van der Waals surface area contributed by atoms with E-state index < -0.39 is 18.0 Å². The normalized spacial score (nSPS) is 12.1. The second-order valence-corrected chi connectivity index (χ2v) is 6.70. The number of nitrogens with one attached hydrogen (secondary N) is 1. The van der Waals surface area contributed by atoms with Crippen molar-refractivity contribution in [1.29, 1.82) is 0 Å². The van der Waals surface area contributed by atoms with E-state index in [0.717, 1.165) is 6.08 Å². The Labute approximate surface area is 167 Å². The maximum atomic E-state index is 12.4. The Balaban J connectivity index is 2.13. The van der Waals surface area contributed by atoms with Gasteiger partial charge in [-0.2, -0.15) is 0 Å². The molecule has 0 aliphatic rings. The first-order valence-corrected chi connectivity index (χ1v) is 8.87. The highest BCUT2D eigenvalue weighted by Crippen LogP contribution is 2.26. The number of amides is 1. The summed E-state index contributed by atoms with van der Waals surface area (Å²) in [6.45, 7) is 3.53. The quantitative estimate of drug-likeness (QED) is 0.272. The highest BCUT2D eigenvalue weighted by molar-refractivity contribution is 5.90. The predicted octanol–water partition coefficient (Wildman–Crippen LogP) is 2.20. The minimum atomic E-state index is -1.16. The summed E-state index contributed by atoms with van der Waals surface area (Å²) in [5, 5.41) is 40.5. The van der Waals surface area contributed by atoms with Gasteiger partial charge in [0, 0.05) is 18.5 Å². The molecule has 0 fully saturated rings. The molecule has 0 spiro atoms. The lowest BCUT2D eigenvalue weighted by atomic mass is 10.1. The molecule has 1 amide bonds. The largest absolute Gasteiger partial charge is 0.504 e. The summed E-state index contributed by atoms with van der Waals surface area (Å²) in [7, 11) is 0. The van der Waals surface area contributed by atoms with Gasteiger partial charge in [0.1, 0.15) is 0 Å². The maximum Gasteiger partial charge on any atom is 0.331 e. The maximum absolute atomic E-state index is 12.4. The predicted molar refractivity (Wildman–Crippen MR) is 105 cm³/mol. The van der Waals surface area contributed by atoms with Crippen molar-refractivity contribution >= 4 is 18.0 Å². The van der Waals surface area contributed by atoms with Crippen LogP contribution in [0.1, 0.15) is 25.0 Å². The molecule has 0 bridgehead atoms. The molecule has 1 atom stereocenters. The molecular weight excluding hydrogens is 378 g/mol. The molecule has 154 valence electrons. The summed E-state index contributed by atoms with van der Waals surface area (Å²) >= 11 is 0. The summed E-state index contributed by atoms with van der Waals surface area (Å²) in [6, 6.07) is 7.92. The number of phenolic OH excluding ortho intramolecular Hbond substituents is 4. The molecule has 0 heterocycles. The molecule has 8 heteroatoms. The Morgan fingerprint density at radius 1 is 0.966 bits per heavy atom. The topological polar surface area (TPSA) is 136 Å². The molecule has 8 nitrogen and oxygen atoms in total. The highest BCUT2D eigenvalue weighted by atomic mass is 16.5. The zero-order chi connectivity index (χ0) is 21.6. The fourth-order valence-electron chi connectivity index (χ4n) is 2.46. The van der Waals surface area contributed by atoms with E-state index in [1.165, 1.54) is 42.5 Å². The Kier molecular flexibility index (Phi) is 7.08. The number of rotatable bonds is 7. The average molecular weight is 401 g/mol. The molecule has 0 aliphatic heterocycles. The molecule has 29 heavy (non-hydrogen) atoms. The van der Waals surface area contributed by atoms with Gasteiger partial charge in [0.2, 0.25) is 0 Å². The van der Waals surface area contributed by atoms with E-state index in [0.29, 0.717) is 11.1 Å². The monoisotopic (exact) mass is 401 g/mol. The Bertz CT molecular complexity index is 921. The second-order valence-electron chi connectivity index (χ2n) is 6.70. The van der Waals surface area contributed by atoms with E-state index in [-0.39, 0.29) is 35.5 Å². The molecule has 2 rings (SSSR count). The van der Waals surface area contributed by atoms with E-state index in [9.17, 15) is 30.0 Å². The van der Waals surface area contributed by atoms with E-state index in [4.69, 9.17) is 4.74 Å². The smallest absolute Gasteiger partial charge is 0.331 e. The first kappa shape index (κ1) is 21.6. The summed E-state index contributed by atoms with van der Waals surface area (Å²) in [5.41, 5.74) is 0.938. The summed E-state index contributed by atoms with van der Waals surface area (Å²) < 4.78 is 5.27. The van der Waals surface area contributed by atoms with Crippen LogP contribution in [0.4, 0.5) is 0 Å². The van der Waals surface area contributed by atoms with Gasteiger partial charge in [-0.05, 0) is 55.3 Å². The number of esters is 1. The van der Waals surface area contributed by atoms with Gasteiger partial charge in [0.25, 0.3) is 5.91 Å². The molecule has 2 aromatic carbocycles. The minimum absolute atomic E-state index is 0.00797. The van der Waals surface area contributed by atoms with Gasteiger partial charge in [-0.15, -0.1) is 0 Å². The van der Waals surface area contributed by atoms with Gasteiger partial charge in [0.15, 0.2) is 29.1 Å². The van der Waals surface area contributed by atoms with Crippen molar-refractivity contribution in [3.63, 3.8) is 0 Å². The first-order valence-electron chi connectivity index (χ1n) is 8.87. The lowest BCUT2D eigenvalue weighted by Gasteiger charge is -2.18. The number of hydrogen-bond donors (Lipinski definition) is 5. The Morgan fingerprint density at radius 3 is 2.17 bits per heavy atom. The van der Waals surface area contributed by atoms with E-state index in [2.05, 4.69) is 5.32 Å². The Morgan fingerprint density at radius 2 is 1.59 bits per heavy atom. The SMILES string of the molecule is CC(C)NC(=O)C(Cc1ccc(O)c(O)c1)OC(=O)C=Cc1ccc(O)c(O)c1. The molecule has 5 N–H and O–H groups in total. The molecule has 1 unspecified atom stereocenters. The van der Waals surface area contributed by atoms with Gasteiger partial charge in [-0.3, -0.25) is 4.79 Å². The van der Waals surface area contributed by atoms with Crippen LogP contribution in [0.15, 0.2) is 42.5 Å². The number of aromatic hydroxyl groups is 4. The summed E-state index contributed by atoms with van der Waals surface area (Å²) in [6.07, 6.45) is 1.29. The fourth-order valence-corrected chi connectivity index (χ4v) is 2.46. The van der Waals surface area contributed by atoms with E-state index >= 15 is 0 Å². The molecule has 0 aromatic heterocycles. The van der Waals surface area contributed by atoms with Gasteiger partial charge < -0.3 is 30.5 Å². The molecule has 0 saturated heterocycles. The third kappa shape index (κ3) is 6.46. The van der Waals surface area contributed by atoms with Gasteiger partial charge in [-0.1, -0.05) is 12.1 Å². The number of phenols is 4. The molecule has 2 aromatic rings. The number of ether oxygens (including phenoxy) is 1. The summed E-state index contributed by atoms with van der Waals surface area (Å²) in [5.74, 6) is -2.55. The van der Waals surface area contributed by atoms with Crippen LogP contribution < -0.4 is 5.32 Å². The average Bonchev–Trinajstić information content (AvgIpc) is 2.64. The molecule has 0 radical (unpaired) electrons. The van der Waals surface area contributed by atoms with Crippen molar-refractivity contribution in [3.05, 3.63) is 53.6 Å². The number of hydrogen-bond acceptors (Lipinski definition) is 7. The number of benzene rings is 2. The van der Waals surface area contributed by atoms with Crippen LogP contribution in [-0.2, 0) is 20.7 Å². The van der Waals surface area contributed by atoms with Gasteiger partial charge in [-0.25, -0.2) is 4.79 Å². The molecule has 0 aliphatic carbocycles. The summed E-state index contributed by atoms with van der Waals surface area (Å²) in [4.78, 5) is 24.6. The van der Waals surface area contributed by atoms with Crippen LogP contribution in [0.3, 0.4) is 0 Å². The van der Waals surface area contributed by atoms with Gasteiger partial charge in [0.05, 0.1) is 0 Å². The zero-order valence-electron chi connectivity index (χ0n) is 16.0. The van der Waals surface area contributed by atoms with Crippen LogP contribution in [0.2, 0.25) is 0 Å². The second kappa shape index (κ2) is 9.50. The standard InChI is InChI=1S/C21H23NO7/c1-12(2)22-21(28)19(11-14-4-7-16(24)18(26)10-14)29-20(27)8-5-13-3-6-15(23)17(25)9-13/h3-10,12,19,23-26H,11H2,1-2H3,(H,22,28). The van der Waals surface area contributed by atoms with Crippen molar-refractivity contribution in [3.8, 4) is 23.0 Å². The lowest BCUT2D eigenvalue weighted by Crippen LogP contribution is -2.42. The van der Waals surface area contributed by atoms with Crippen molar-refractivity contribution in [2.45, 2.75) is 32.4 Å². The third-order valence-electron chi connectivity index (χ3n) is 3.85. The molecular formula is C21H23NO7. The number of carbonyl (C=O) groups excluding carboxylic acids is 2. The van der Waals surface area contributed by atoms with Crippen LogP contribution >= 0.6 is 0 Å². The lowest BCUT2D eigenvalue weighted by molar-refractivity contribution is -0.151. The van der Waals surface area contributed by atoms with E-state index in [1.807, 2.05) is 0 Å². The first-order chi connectivity index (χ1) is 13.7. The molecule has 0 saturated carbocycles. The van der Waals surface area contributed by atoms with Crippen LogP contribution in [0.5, 0.6) is 23.0 Å².